The molecule has 4 nitrogen and oxygen atoms in total. The Bertz CT molecular complexity index is 1210. The van der Waals surface area contributed by atoms with E-state index in [4.69, 9.17) is 4.98 Å². The Balaban J connectivity index is 1.72. The van der Waals surface area contributed by atoms with E-state index >= 15 is 0 Å². The number of hydrogen-bond donors (Lipinski definition) is 0. The fraction of sp³-hybridized carbons (Fsp3) is 0.240. The van der Waals surface area contributed by atoms with Gasteiger partial charge in [0.2, 0.25) is 5.91 Å². The van der Waals surface area contributed by atoms with Gasteiger partial charge in [0.1, 0.15) is 0 Å². The molecule has 0 aliphatic carbocycles. The Hall–Kier alpha value is -3.05. The van der Waals surface area contributed by atoms with Gasteiger partial charge in [-0.05, 0) is 67.6 Å². The molecule has 0 aliphatic rings. The van der Waals surface area contributed by atoms with E-state index in [2.05, 4.69) is 63.0 Å². The van der Waals surface area contributed by atoms with E-state index in [1.807, 2.05) is 12.1 Å². The number of hydrogen-bond acceptors (Lipinski definition) is 4. The van der Waals surface area contributed by atoms with Crippen molar-refractivity contribution in [1.82, 2.24) is 9.97 Å². The number of benzene rings is 2. The average Bonchev–Trinajstić information content (AvgIpc) is 3.13. The lowest BCUT2D eigenvalue weighted by atomic mass is 10.0. The number of pyridine rings is 1. The first kappa shape index (κ1) is 20.2. The molecular formula is C25H25N3OS. The molecule has 0 saturated heterocycles. The zero-order valence-corrected chi connectivity index (χ0v) is 18.6. The molecule has 4 aromatic rings. The molecule has 0 saturated carbocycles. The summed E-state index contributed by atoms with van der Waals surface area (Å²) in [6.45, 7) is 8.74. The second-order valence-corrected chi connectivity index (χ2v) is 8.88. The van der Waals surface area contributed by atoms with Gasteiger partial charge in [-0.2, -0.15) is 0 Å². The van der Waals surface area contributed by atoms with Gasteiger partial charge in [0.25, 0.3) is 0 Å². The van der Waals surface area contributed by atoms with Gasteiger partial charge in [-0.25, -0.2) is 4.98 Å². The third kappa shape index (κ3) is 4.26. The molecule has 2 aromatic carbocycles. The van der Waals surface area contributed by atoms with E-state index in [1.165, 1.54) is 11.1 Å². The third-order valence-corrected chi connectivity index (χ3v) is 6.28. The minimum Gasteiger partial charge on any atom is -0.283 e. The Kier molecular flexibility index (Phi) is 5.64. The van der Waals surface area contributed by atoms with Crippen LogP contribution in [0.1, 0.15) is 33.4 Å². The summed E-state index contributed by atoms with van der Waals surface area (Å²) in [5, 5.41) is 0.734. The Labute approximate surface area is 181 Å². The van der Waals surface area contributed by atoms with Gasteiger partial charge >= 0.3 is 0 Å². The molecule has 0 atom stereocenters. The van der Waals surface area contributed by atoms with Crippen LogP contribution in [-0.2, 0) is 17.8 Å². The number of aromatic nitrogens is 2. The van der Waals surface area contributed by atoms with E-state index in [0.29, 0.717) is 13.0 Å². The maximum Gasteiger partial charge on any atom is 0.233 e. The van der Waals surface area contributed by atoms with Crippen LogP contribution in [0.4, 0.5) is 5.13 Å². The maximum absolute atomic E-state index is 13.5. The van der Waals surface area contributed by atoms with Crippen LogP contribution in [0.15, 0.2) is 54.9 Å². The van der Waals surface area contributed by atoms with Crippen LogP contribution < -0.4 is 4.90 Å². The van der Waals surface area contributed by atoms with Gasteiger partial charge in [-0.3, -0.25) is 14.7 Å². The molecule has 5 heteroatoms. The first-order valence-electron chi connectivity index (χ1n) is 10.0. The minimum atomic E-state index is 0.0410. The number of carbonyl (C=O) groups is 1. The summed E-state index contributed by atoms with van der Waals surface area (Å²) in [6, 6.07) is 14.4. The molecule has 0 spiro atoms. The molecule has 0 N–H and O–H groups in total. The highest BCUT2D eigenvalue weighted by Gasteiger charge is 2.22. The molecule has 152 valence electrons. The Morgan fingerprint density at radius 3 is 2.53 bits per heavy atom. The summed E-state index contributed by atoms with van der Waals surface area (Å²) in [6.07, 6.45) is 3.90. The van der Waals surface area contributed by atoms with Crippen LogP contribution >= 0.6 is 11.3 Å². The van der Waals surface area contributed by atoms with Crippen molar-refractivity contribution in [3.05, 3.63) is 88.2 Å². The van der Waals surface area contributed by atoms with Gasteiger partial charge in [0.15, 0.2) is 5.13 Å². The molecule has 30 heavy (non-hydrogen) atoms. The van der Waals surface area contributed by atoms with Crippen LogP contribution in [0.25, 0.3) is 10.2 Å². The number of carbonyl (C=O) groups excluding carboxylic acids is 1. The highest BCUT2D eigenvalue weighted by Crippen LogP contribution is 2.33. The molecule has 4 rings (SSSR count). The van der Waals surface area contributed by atoms with Gasteiger partial charge < -0.3 is 0 Å². The number of fused-ring (bicyclic) bond motifs is 1. The summed E-state index contributed by atoms with van der Waals surface area (Å²) in [5.41, 5.74) is 7.68. The molecule has 0 fully saturated rings. The summed E-state index contributed by atoms with van der Waals surface area (Å²) in [4.78, 5) is 24.3. The van der Waals surface area contributed by atoms with E-state index in [-0.39, 0.29) is 5.91 Å². The second-order valence-electron chi connectivity index (χ2n) is 7.87. The first-order chi connectivity index (χ1) is 14.4. The van der Waals surface area contributed by atoms with Crippen molar-refractivity contribution in [2.45, 2.75) is 40.7 Å². The molecular weight excluding hydrogens is 390 g/mol. The van der Waals surface area contributed by atoms with E-state index in [9.17, 15) is 4.79 Å². The highest BCUT2D eigenvalue weighted by atomic mass is 32.1. The average molecular weight is 416 g/mol. The zero-order valence-electron chi connectivity index (χ0n) is 17.8. The predicted octanol–water partition coefficient (Wildman–Crippen LogP) is 5.70. The van der Waals surface area contributed by atoms with Crippen LogP contribution in [0.3, 0.4) is 0 Å². The van der Waals surface area contributed by atoms with Crippen molar-refractivity contribution in [3.63, 3.8) is 0 Å². The lowest BCUT2D eigenvalue weighted by Gasteiger charge is -2.20. The topological polar surface area (TPSA) is 46.1 Å². The maximum atomic E-state index is 13.5. The third-order valence-electron chi connectivity index (χ3n) is 5.25. The van der Waals surface area contributed by atoms with E-state index in [0.717, 1.165) is 37.6 Å². The summed E-state index contributed by atoms with van der Waals surface area (Å²) >= 11 is 1.57. The minimum absolute atomic E-state index is 0.0410. The summed E-state index contributed by atoms with van der Waals surface area (Å²) in [7, 11) is 0. The monoisotopic (exact) mass is 415 g/mol. The number of rotatable bonds is 5. The largest absolute Gasteiger partial charge is 0.283 e. The lowest BCUT2D eigenvalue weighted by molar-refractivity contribution is -0.118. The highest BCUT2D eigenvalue weighted by molar-refractivity contribution is 7.22. The standard InChI is InChI=1S/C25H25N3OS/c1-16-7-8-21(18(3)10-16)13-23(29)28(15-20-6-5-9-26-14-20)25-27-24-19(4)11-17(2)12-22(24)30-25/h5-12,14H,13,15H2,1-4H3. The first-order valence-corrected chi connectivity index (χ1v) is 10.9. The predicted molar refractivity (Wildman–Crippen MR) is 124 cm³/mol. The van der Waals surface area contributed by atoms with Gasteiger partial charge in [0.05, 0.1) is 23.2 Å². The molecule has 0 bridgehead atoms. The van der Waals surface area contributed by atoms with Crippen molar-refractivity contribution in [1.29, 1.82) is 0 Å². The van der Waals surface area contributed by atoms with Crippen LogP contribution in [-0.4, -0.2) is 15.9 Å². The quantitative estimate of drug-likeness (QED) is 0.420. The van der Waals surface area contributed by atoms with Crippen LogP contribution in [0.2, 0.25) is 0 Å². The van der Waals surface area contributed by atoms with Crippen molar-refractivity contribution in [2.24, 2.45) is 0 Å². The number of amides is 1. The molecule has 1 amide bonds. The van der Waals surface area contributed by atoms with Crippen molar-refractivity contribution in [2.75, 3.05) is 4.90 Å². The van der Waals surface area contributed by atoms with Gasteiger partial charge in [-0.15, -0.1) is 0 Å². The smallest absolute Gasteiger partial charge is 0.233 e. The van der Waals surface area contributed by atoms with E-state index in [1.54, 1.807) is 28.6 Å². The van der Waals surface area contributed by atoms with Crippen molar-refractivity contribution in [3.8, 4) is 0 Å². The molecule has 0 radical (unpaired) electrons. The lowest BCUT2D eigenvalue weighted by Crippen LogP contribution is -2.32. The number of nitrogens with zero attached hydrogens (tertiary/aromatic N) is 3. The number of aryl methyl sites for hydroxylation is 4. The fourth-order valence-corrected chi connectivity index (χ4v) is 4.87. The second kappa shape index (κ2) is 8.36. The SMILES string of the molecule is Cc1ccc(CC(=O)N(Cc2cccnc2)c2nc3c(C)cc(C)cc3s2)c(C)c1. The normalized spacial score (nSPS) is 11.1. The molecule has 2 aromatic heterocycles. The number of anilines is 1. The van der Waals surface area contributed by atoms with Gasteiger partial charge in [0, 0.05) is 12.4 Å². The Morgan fingerprint density at radius 1 is 1.00 bits per heavy atom. The Morgan fingerprint density at radius 2 is 1.80 bits per heavy atom. The van der Waals surface area contributed by atoms with Crippen LogP contribution in [0, 0.1) is 27.7 Å². The van der Waals surface area contributed by atoms with Gasteiger partial charge in [-0.1, -0.05) is 47.2 Å². The zero-order chi connectivity index (χ0) is 21.3. The summed E-state index contributed by atoms with van der Waals surface area (Å²) < 4.78 is 1.11. The number of thiazole rings is 1. The van der Waals surface area contributed by atoms with Crippen molar-refractivity contribution < 1.29 is 4.79 Å². The van der Waals surface area contributed by atoms with Crippen LogP contribution in [0.5, 0.6) is 0 Å². The fourth-order valence-electron chi connectivity index (χ4n) is 3.71. The molecule has 2 heterocycles. The van der Waals surface area contributed by atoms with E-state index < -0.39 is 0 Å². The molecule has 0 unspecified atom stereocenters. The van der Waals surface area contributed by atoms with Crippen molar-refractivity contribution >= 4 is 32.6 Å². The molecule has 0 aliphatic heterocycles. The summed E-state index contributed by atoms with van der Waals surface area (Å²) in [5.74, 6) is 0.0410.